The maximum absolute atomic E-state index is 2.44. The minimum atomic E-state index is 0.495. The maximum Gasteiger partial charge on any atom is 0.0547 e. The second kappa shape index (κ2) is 15.8. The fourth-order valence-electron chi connectivity index (χ4n) is 10.4. The molecular weight excluding hydrogens is 773 g/mol. The molecule has 1 heterocycles. The second-order valence-corrected chi connectivity index (χ2v) is 17.3. The van der Waals surface area contributed by atoms with Crippen LogP contribution in [0.25, 0.3) is 84.2 Å². The van der Waals surface area contributed by atoms with Crippen LogP contribution in [0.4, 0.5) is 17.1 Å². The molecule has 1 aromatic heterocycles. The molecule has 0 bridgehead atoms. The number of hydrogen-bond donors (Lipinski definition) is 0. The highest BCUT2D eigenvalue weighted by Crippen LogP contribution is 2.46. The van der Waals surface area contributed by atoms with Gasteiger partial charge >= 0.3 is 0 Å². The van der Waals surface area contributed by atoms with E-state index < -0.39 is 0 Å². The van der Waals surface area contributed by atoms with Crippen molar-refractivity contribution < 1.29 is 0 Å². The Bertz CT molecular complexity index is 3440. The van der Waals surface area contributed by atoms with Crippen molar-refractivity contribution in [3.63, 3.8) is 0 Å². The standard InChI is InChI=1S/C62H46N2/c1-42-37-49-38-47(33-36-54(49)57-27-12-11-25-53(42)57)43-31-34-51(35-32-43)63(59-29-14-13-26-55(59)44-17-5-2-6-18-44)52-24-15-21-48(39-52)56-28-16-30-60-62(56)58-40-45-19-7-3-8-20-46(45)41-61(58)64(60)50-22-9-4-10-23-50/h2,4-36,38-42H,3,37H2,1H3. The fourth-order valence-corrected chi connectivity index (χ4v) is 10.4. The first-order valence-electron chi connectivity index (χ1n) is 22.5. The average molecular weight is 819 g/mol. The molecule has 0 amide bonds. The third-order valence-corrected chi connectivity index (χ3v) is 13.4. The molecule has 0 saturated carbocycles. The SMILES string of the molecule is CC1Cc2cc(-c3ccc(N(c4cccc(-c5cccc6c5c5cc7c(cc5n6-c5ccccc5)C=CCC=C7)c4)c4ccccc4-c4ccccc4)cc3)ccc2-c2ccccc21. The highest BCUT2D eigenvalue weighted by Gasteiger charge is 2.23. The van der Waals surface area contributed by atoms with Crippen LogP contribution in [0.1, 0.15) is 41.5 Å². The van der Waals surface area contributed by atoms with Crippen molar-refractivity contribution >= 4 is 51.0 Å². The molecular formula is C62H46N2. The lowest BCUT2D eigenvalue weighted by Crippen LogP contribution is -2.11. The summed E-state index contributed by atoms with van der Waals surface area (Å²) in [5.74, 6) is 0.495. The van der Waals surface area contributed by atoms with E-state index in [2.05, 4.69) is 247 Å². The van der Waals surface area contributed by atoms with E-state index in [1.807, 2.05) is 0 Å². The zero-order valence-electron chi connectivity index (χ0n) is 35.8. The van der Waals surface area contributed by atoms with E-state index in [0.717, 1.165) is 35.6 Å². The number of para-hydroxylation sites is 2. The Balaban J connectivity index is 1.01. The summed E-state index contributed by atoms with van der Waals surface area (Å²) in [6.07, 6.45) is 11.1. The van der Waals surface area contributed by atoms with Crippen LogP contribution < -0.4 is 4.90 Å². The van der Waals surface area contributed by atoms with Gasteiger partial charge in [-0.3, -0.25) is 0 Å². The monoisotopic (exact) mass is 818 g/mol. The molecule has 0 radical (unpaired) electrons. The van der Waals surface area contributed by atoms with Crippen molar-refractivity contribution in [2.75, 3.05) is 4.90 Å². The normalized spacial score (nSPS) is 13.9. The van der Waals surface area contributed by atoms with Gasteiger partial charge in [0.25, 0.3) is 0 Å². The van der Waals surface area contributed by atoms with Crippen LogP contribution in [0, 0.1) is 0 Å². The highest BCUT2D eigenvalue weighted by molar-refractivity contribution is 6.17. The van der Waals surface area contributed by atoms with E-state index in [-0.39, 0.29) is 0 Å². The van der Waals surface area contributed by atoms with E-state index in [9.17, 15) is 0 Å². The van der Waals surface area contributed by atoms with E-state index >= 15 is 0 Å². The third kappa shape index (κ3) is 6.50. The molecule has 0 spiro atoms. The van der Waals surface area contributed by atoms with Crippen molar-refractivity contribution in [2.24, 2.45) is 0 Å². The van der Waals surface area contributed by atoms with Gasteiger partial charge in [-0.05, 0) is 141 Å². The Labute approximate surface area is 375 Å². The van der Waals surface area contributed by atoms with Crippen LogP contribution in [-0.2, 0) is 6.42 Å². The van der Waals surface area contributed by atoms with Crippen LogP contribution in [0.15, 0.2) is 218 Å². The van der Waals surface area contributed by atoms with Gasteiger partial charge in [0.05, 0.1) is 16.7 Å². The summed E-state index contributed by atoms with van der Waals surface area (Å²) in [5.41, 5.74) is 22.2. The maximum atomic E-state index is 2.44. The van der Waals surface area contributed by atoms with Gasteiger partial charge in [0, 0.05) is 33.4 Å². The molecule has 0 aliphatic heterocycles. The van der Waals surface area contributed by atoms with Gasteiger partial charge in [0.15, 0.2) is 0 Å². The second-order valence-electron chi connectivity index (χ2n) is 17.3. The van der Waals surface area contributed by atoms with E-state index in [0.29, 0.717) is 5.92 Å². The van der Waals surface area contributed by atoms with Crippen LogP contribution in [-0.4, -0.2) is 4.57 Å². The summed E-state index contributed by atoms with van der Waals surface area (Å²) in [6.45, 7) is 2.35. The molecule has 2 nitrogen and oxygen atoms in total. The molecule has 12 rings (SSSR count). The number of rotatable bonds is 7. The highest BCUT2D eigenvalue weighted by atomic mass is 15.1. The first-order valence-corrected chi connectivity index (χ1v) is 22.5. The summed E-state index contributed by atoms with van der Waals surface area (Å²) < 4.78 is 2.44. The molecule has 1 atom stereocenters. The first kappa shape index (κ1) is 37.8. The van der Waals surface area contributed by atoms with Gasteiger partial charge in [0.2, 0.25) is 0 Å². The summed E-state index contributed by atoms with van der Waals surface area (Å²) >= 11 is 0. The number of nitrogens with zero attached hydrogens (tertiary/aromatic N) is 2. The lowest BCUT2D eigenvalue weighted by Gasteiger charge is -2.28. The van der Waals surface area contributed by atoms with E-state index in [1.54, 1.807) is 0 Å². The van der Waals surface area contributed by atoms with Crippen molar-refractivity contribution in [1.29, 1.82) is 0 Å². The van der Waals surface area contributed by atoms with Gasteiger partial charge in [-0.2, -0.15) is 0 Å². The average Bonchev–Trinajstić information content (AvgIpc) is 3.49. The molecule has 304 valence electrons. The lowest BCUT2D eigenvalue weighted by molar-refractivity contribution is 0.749. The van der Waals surface area contributed by atoms with Crippen LogP contribution in [0.2, 0.25) is 0 Å². The molecule has 2 heteroatoms. The number of fused-ring (bicyclic) bond motifs is 7. The van der Waals surface area contributed by atoms with E-state index in [4.69, 9.17) is 0 Å². The molecule has 0 N–H and O–H groups in total. The molecule has 2 aliphatic rings. The largest absolute Gasteiger partial charge is 0.310 e. The van der Waals surface area contributed by atoms with Crippen molar-refractivity contribution in [3.8, 4) is 50.2 Å². The fraction of sp³-hybridized carbons (Fsp3) is 0.0645. The zero-order chi connectivity index (χ0) is 42.6. The smallest absolute Gasteiger partial charge is 0.0547 e. The summed E-state index contributed by atoms with van der Waals surface area (Å²) in [6, 6.07) is 76.2. The quantitative estimate of drug-likeness (QED) is 0.156. The Kier molecular flexibility index (Phi) is 9.30. The minimum Gasteiger partial charge on any atom is -0.310 e. The predicted octanol–water partition coefficient (Wildman–Crippen LogP) is 17.0. The van der Waals surface area contributed by atoms with Crippen LogP contribution >= 0.6 is 0 Å². The molecule has 2 aliphatic carbocycles. The number of aromatic nitrogens is 1. The molecule has 0 saturated heterocycles. The van der Waals surface area contributed by atoms with Gasteiger partial charge in [-0.15, -0.1) is 0 Å². The zero-order valence-corrected chi connectivity index (χ0v) is 35.8. The number of hydrogen-bond acceptors (Lipinski definition) is 1. The minimum absolute atomic E-state index is 0.495. The van der Waals surface area contributed by atoms with Gasteiger partial charge in [-0.1, -0.05) is 177 Å². The Morgan fingerprint density at radius 1 is 0.453 bits per heavy atom. The van der Waals surface area contributed by atoms with Gasteiger partial charge in [-0.25, -0.2) is 0 Å². The Morgan fingerprint density at radius 2 is 1.12 bits per heavy atom. The number of benzene rings is 9. The van der Waals surface area contributed by atoms with Gasteiger partial charge < -0.3 is 9.47 Å². The number of allylic oxidation sites excluding steroid dienone is 2. The molecule has 1 unspecified atom stereocenters. The van der Waals surface area contributed by atoms with Gasteiger partial charge in [0.1, 0.15) is 0 Å². The summed E-state index contributed by atoms with van der Waals surface area (Å²) in [4.78, 5) is 2.44. The molecule has 64 heavy (non-hydrogen) atoms. The Hall–Kier alpha value is -7.94. The third-order valence-electron chi connectivity index (χ3n) is 13.4. The number of anilines is 3. The molecule has 10 aromatic rings. The first-order chi connectivity index (χ1) is 31.7. The molecule has 9 aromatic carbocycles. The van der Waals surface area contributed by atoms with E-state index in [1.165, 1.54) is 88.6 Å². The van der Waals surface area contributed by atoms with Crippen molar-refractivity contribution in [3.05, 3.63) is 241 Å². The Morgan fingerprint density at radius 3 is 1.95 bits per heavy atom. The predicted molar refractivity (Wildman–Crippen MR) is 272 cm³/mol. The topological polar surface area (TPSA) is 8.17 Å². The van der Waals surface area contributed by atoms with Crippen LogP contribution in [0.3, 0.4) is 0 Å². The summed E-state index contributed by atoms with van der Waals surface area (Å²) in [7, 11) is 0. The van der Waals surface area contributed by atoms with Crippen molar-refractivity contribution in [1.82, 2.24) is 4.57 Å². The van der Waals surface area contributed by atoms with Crippen LogP contribution in [0.5, 0.6) is 0 Å². The summed E-state index contributed by atoms with van der Waals surface area (Å²) in [5, 5.41) is 2.51. The molecule has 0 fully saturated rings. The lowest BCUT2D eigenvalue weighted by atomic mass is 9.79. The van der Waals surface area contributed by atoms with Crippen molar-refractivity contribution in [2.45, 2.75) is 25.7 Å².